The summed E-state index contributed by atoms with van der Waals surface area (Å²) in [6, 6.07) is 4.09. The van der Waals surface area contributed by atoms with Crippen LogP contribution in [0.1, 0.15) is 43.9 Å². The summed E-state index contributed by atoms with van der Waals surface area (Å²) in [6.45, 7) is 4.53. The number of carboxylic acid groups (broad SMARTS) is 1. The number of aryl methyl sites for hydroxylation is 1. The molecule has 1 fully saturated rings. The lowest BCUT2D eigenvalue weighted by Gasteiger charge is -2.12. The van der Waals surface area contributed by atoms with E-state index in [1.165, 1.54) is 25.7 Å². The number of hydrogen-bond donors (Lipinski definition) is 1. The topological polar surface area (TPSA) is 89.9 Å². The van der Waals surface area contributed by atoms with E-state index < -0.39 is 5.97 Å². The van der Waals surface area contributed by atoms with E-state index in [4.69, 9.17) is 14.6 Å². The SMILES string of the molecule is CC(=O)[O-].Cc1ccc(C[NH3+])c(OCC2CCCC2)n1. The van der Waals surface area contributed by atoms with E-state index in [1.54, 1.807) is 0 Å². The number of nitrogens with zero attached hydrogens (tertiary/aromatic N) is 1. The van der Waals surface area contributed by atoms with E-state index in [-0.39, 0.29) is 0 Å². The van der Waals surface area contributed by atoms with Crippen molar-refractivity contribution < 1.29 is 20.4 Å². The molecule has 0 aliphatic heterocycles. The smallest absolute Gasteiger partial charge is 0.222 e. The molecule has 1 aromatic heterocycles. The number of carbonyl (C=O) groups excluding carboxylic acids is 1. The minimum atomic E-state index is -1.08. The number of hydrogen-bond acceptors (Lipinski definition) is 4. The van der Waals surface area contributed by atoms with Gasteiger partial charge in [0.05, 0.1) is 12.2 Å². The highest BCUT2D eigenvalue weighted by Crippen LogP contribution is 2.26. The molecule has 2 rings (SSSR count). The van der Waals surface area contributed by atoms with Gasteiger partial charge in [-0.05, 0) is 44.7 Å². The predicted octanol–water partition coefficient (Wildman–Crippen LogP) is 0.457. The number of aliphatic carboxylic acids is 1. The fourth-order valence-electron chi connectivity index (χ4n) is 2.25. The Bertz CT molecular complexity index is 425. The molecule has 0 bridgehead atoms. The third kappa shape index (κ3) is 6.02. The number of quaternary nitrogens is 1. The number of carboxylic acids is 1. The van der Waals surface area contributed by atoms with Crippen LogP contribution in [0.3, 0.4) is 0 Å². The van der Waals surface area contributed by atoms with Crippen LogP contribution < -0.4 is 15.6 Å². The molecular weight excluding hydrogens is 256 g/mol. The number of ether oxygens (including phenoxy) is 1. The minimum absolute atomic E-state index is 0.736. The van der Waals surface area contributed by atoms with Crippen LogP contribution in [-0.2, 0) is 11.3 Å². The average Bonchev–Trinajstić information content (AvgIpc) is 2.89. The van der Waals surface area contributed by atoms with Crippen molar-refractivity contribution in [3.8, 4) is 5.88 Å². The third-order valence-corrected chi connectivity index (χ3v) is 3.28. The lowest BCUT2D eigenvalue weighted by atomic mass is 10.1. The Kier molecular flexibility index (Phi) is 7.01. The molecule has 1 aromatic rings. The monoisotopic (exact) mass is 280 g/mol. The molecule has 5 heteroatoms. The largest absolute Gasteiger partial charge is 0.550 e. The molecule has 3 N–H and O–H groups in total. The van der Waals surface area contributed by atoms with E-state index in [0.29, 0.717) is 0 Å². The van der Waals surface area contributed by atoms with Gasteiger partial charge in [0.2, 0.25) is 5.88 Å². The first-order valence-electron chi connectivity index (χ1n) is 7.09. The zero-order valence-electron chi connectivity index (χ0n) is 12.4. The van der Waals surface area contributed by atoms with Gasteiger partial charge in [-0.25, -0.2) is 4.98 Å². The molecule has 0 atom stereocenters. The first kappa shape index (κ1) is 16.4. The molecule has 1 aliphatic carbocycles. The molecule has 0 radical (unpaired) electrons. The van der Waals surface area contributed by atoms with Crippen LogP contribution in [-0.4, -0.2) is 17.6 Å². The summed E-state index contributed by atoms with van der Waals surface area (Å²) in [5.41, 5.74) is 6.03. The van der Waals surface area contributed by atoms with Gasteiger partial charge in [0.25, 0.3) is 0 Å². The van der Waals surface area contributed by atoms with Crippen molar-refractivity contribution >= 4 is 5.97 Å². The van der Waals surface area contributed by atoms with Crippen molar-refractivity contribution in [3.63, 3.8) is 0 Å². The van der Waals surface area contributed by atoms with Crippen LogP contribution in [0.25, 0.3) is 0 Å². The second-order valence-electron chi connectivity index (χ2n) is 5.12. The quantitative estimate of drug-likeness (QED) is 0.867. The maximum Gasteiger partial charge on any atom is 0.222 e. The zero-order chi connectivity index (χ0) is 15.0. The van der Waals surface area contributed by atoms with Gasteiger partial charge in [0.15, 0.2) is 0 Å². The molecule has 0 unspecified atom stereocenters. The normalized spacial score (nSPS) is 14.6. The predicted molar refractivity (Wildman–Crippen MR) is 73.7 cm³/mol. The Labute approximate surface area is 120 Å². The number of carbonyl (C=O) groups is 1. The Morgan fingerprint density at radius 2 is 2.05 bits per heavy atom. The maximum atomic E-state index is 8.89. The first-order valence-corrected chi connectivity index (χ1v) is 7.09. The number of aromatic nitrogens is 1. The highest BCUT2D eigenvalue weighted by atomic mass is 16.5. The van der Waals surface area contributed by atoms with Crippen LogP contribution >= 0.6 is 0 Å². The summed E-state index contributed by atoms with van der Waals surface area (Å²) < 4.78 is 5.84. The van der Waals surface area contributed by atoms with Crippen molar-refractivity contribution in [2.45, 2.75) is 46.1 Å². The third-order valence-electron chi connectivity index (χ3n) is 3.28. The van der Waals surface area contributed by atoms with Gasteiger partial charge < -0.3 is 20.4 Å². The van der Waals surface area contributed by atoms with Crippen molar-refractivity contribution in [3.05, 3.63) is 23.4 Å². The molecule has 1 heterocycles. The summed E-state index contributed by atoms with van der Waals surface area (Å²) in [7, 11) is 0. The van der Waals surface area contributed by atoms with Crippen molar-refractivity contribution in [2.75, 3.05) is 6.61 Å². The molecule has 1 aliphatic rings. The minimum Gasteiger partial charge on any atom is -0.550 e. The zero-order valence-corrected chi connectivity index (χ0v) is 12.4. The molecule has 20 heavy (non-hydrogen) atoms. The molecule has 0 spiro atoms. The van der Waals surface area contributed by atoms with E-state index in [2.05, 4.69) is 16.8 Å². The van der Waals surface area contributed by atoms with Gasteiger partial charge >= 0.3 is 0 Å². The summed E-state index contributed by atoms with van der Waals surface area (Å²) in [5, 5.41) is 8.89. The van der Waals surface area contributed by atoms with Gasteiger partial charge in [-0.15, -0.1) is 0 Å². The fraction of sp³-hybridized carbons (Fsp3) is 0.600. The summed E-state index contributed by atoms with van der Waals surface area (Å²) in [4.78, 5) is 13.3. The lowest BCUT2D eigenvalue weighted by Crippen LogP contribution is -2.47. The average molecular weight is 280 g/mol. The van der Waals surface area contributed by atoms with Crippen LogP contribution in [0.15, 0.2) is 12.1 Å². The fourth-order valence-corrected chi connectivity index (χ4v) is 2.25. The highest BCUT2D eigenvalue weighted by Gasteiger charge is 2.16. The Morgan fingerprint density at radius 1 is 1.45 bits per heavy atom. The van der Waals surface area contributed by atoms with Crippen molar-refractivity contribution in [1.82, 2.24) is 4.98 Å². The van der Waals surface area contributed by atoms with Crippen LogP contribution in [0.5, 0.6) is 5.88 Å². The molecule has 1 saturated carbocycles. The maximum absolute atomic E-state index is 8.89. The van der Waals surface area contributed by atoms with Gasteiger partial charge in [-0.2, -0.15) is 0 Å². The summed E-state index contributed by atoms with van der Waals surface area (Å²) in [5.74, 6) is 0.446. The molecular formula is C15H24N2O3. The number of pyridine rings is 1. The first-order chi connectivity index (χ1) is 9.52. The van der Waals surface area contributed by atoms with Crippen LogP contribution in [0.4, 0.5) is 0 Å². The molecule has 0 aromatic carbocycles. The van der Waals surface area contributed by atoms with Crippen molar-refractivity contribution in [2.24, 2.45) is 5.92 Å². The lowest BCUT2D eigenvalue weighted by molar-refractivity contribution is -0.386. The molecule has 0 saturated heterocycles. The molecule has 0 amide bonds. The molecule has 112 valence electrons. The van der Waals surface area contributed by atoms with Crippen LogP contribution in [0, 0.1) is 12.8 Å². The van der Waals surface area contributed by atoms with Crippen LogP contribution in [0.2, 0.25) is 0 Å². The number of rotatable bonds is 4. The van der Waals surface area contributed by atoms with Gasteiger partial charge in [-0.1, -0.05) is 12.8 Å². The second-order valence-corrected chi connectivity index (χ2v) is 5.12. The Morgan fingerprint density at radius 3 is 2.60 bits per heavy atom. The Hall–Kier alpha value is -1.62. The summed E-state index contributed by atoms with van der Waals surface area (Å²) >= 11 is 0. The van der Waals surface area contributed by atoms with Gasteiger partial charge in [0, 0.05) is 11.7 Å². The van der Waals surface area contributed by atoms with Crippen molar-refractivity contribution in [1.29, 1.82) is 0 Å². The van der Waals surface area contributed by atoms with E-state index in [1.807, 2.05) is 13.0 Å². The van der Waals surface area contributed by atoms with E-state index in [0.717, 1.165) is 43.1 Å². The van der Waals surface area contributed by atoms with E-state index in [9.17, 15) is 0 Å². The Balaban J connectivity index is 0.000000444. The highest BCUT2D eigenvalue weighted by molar-refractivity contribution is 5.60. The van der Waals surface area contributed by atoms with Gasteiger partial charge in [0.1, 0.15) is 6.54 Å². The standard InChI is InChI=1S/C13H20N2O.C2H4O2/c1-10-6-7-12(8-14)13(15-10)16-9-11-4-2-3-5-11;1-2(3)4/h6-7,11H,2-5,8-9,14H2,1H3;1H3,(H,3,4). The molecule has 5 nitrogen and oxygen atoms in total. The van der Waals surface area contributed by atoms with E-state index >= 15 is 0 Å². The summed E-state index contributed by atoms with van der Waals surface area (Å²) in [6.07, 6.45) is 5.34. The second kappa shape index (κ2) is 8.53. The van der Waals surface area contributed by atoms with Gasteiger partial charge in [-0.3, -0.25) is 0 Å².